The number of hydrogen-bond donors (Lipinski definition) is 0. The van der Waals surface area contributed by atoms with Crippen LogP contribution in [-0.4, -0.2) is 5.78 Å². The maximum Gasteiger partial charge on any atom is 0.170 e. The van der Waals surface area contributed by atoms with Crippen LogP contribution in [0.3, 0.4) is 0 Å². The lowest BCUT2D eigenvalue weighted by Gasteiger charge is -2.07. The number of hydrogen-bond acceptors (Lipinski definition) is 1. The van der Waals surface area contributed by atoms with E-state index in [1.165, 1.54) is 18.2 Å². The van der Waals surface area contributed by atoms with E-state index < -0.39 is 17.4 Å². The Morgan fingerprint density at radius 2 is 1.55 bits per heavy atom. The van der Waals surface area contributed by atoms with Crippen molar-refractivity contribution >= 4 is 40.6 Å². The summed E-state index contributed by atoms with van der Waals surface area (Å²) in [7, 11) is 0. The van der Waals surface area contributed by atoms with E-state index in [2.05, 4.69) is 0 Å². The average molecular weight is 336 g/mol. The molecule has 0 spiro atoms. The highest BCUT2D eigenvalue weighted by Gasteiger charge is 2.17. The molecule has 1 nitrogen and oxygen atoms in total. The molecule has 0 saturated carbocycles. The molecule has 0 radical (unpaired) electrons. The van der Waals surface area contributed by atoms with Crippen LogP contribution >= 0.6 is 34.8 Å². The fraction of sp³-hybridized carbons (Fsp3) is 0.0714. The third-order valence-electron chi connectivity index (χ3n) is 2.63. The predicted molar refractivity (Wildman–Crippen MR) is 75.9 cm³/mol. The Labute approximate surface area is 129 Å². The van der Waals surface area contributed by atoms with Gasteiger partial charge in [-0.15, -0.1) is 0 Å². The van der Waals surface area contributed by atoms with Gasteiger partial charge in [-0.2, -0.15) is 0 Å². The minimum absolute atomic E-state index is 0.113. The van der Waals surface area contributed by atoms with E-state index in [9.17, 15) is 13.6 Å². The number of halogens is 5. The summed E-state index contributed by atoms with van der Waals surface area (Å²) >= 11 is 17.6. The zero-order chi connectivity index (χ0) is 14.9. The number of benzene rings is 2. The molecule has 104 valence electrons. The van der Waals surface area contributed by atoms with Crippen molar-refractivity contribution in [1.29, 1.82) is 0 Å². The Balaban J connectivity index is 2.31. The number of carbonyl (C=O) groups excluding carboxylic acids is 1. The van der Waals surface area contributed by atoms with Gasteiger partial charge in [-0.05, 0) is 29.8 Å². The SMILES string of the molecule is O=C(Cc1ccc(F)c(F)c1)c1c(Cl)cc(Cl)cc1Cl. The molecule has 0 fully saturated rings. The zero-order valence-corrected chi connectivity index (χ0v) is 12.2. The van der Waals surface area contributed by atoms with Crippen molar-refractivity contribution in [3.8, 4) is 0 Å². The lowest BCUT2D eigenvalue weighted by Crippen LogP contribution is -2.06. The van der Waals surface area contributed by atoms with Crippen LogP contribution in [0.1, 0.15) is 15.9 Å². The van der Waals surface area contributed by atoms with Gasteiger partial charge in [0.2, 0.25) is 0 Å². The van der Waals surface area contributed by atoms with Crippen molar-refractivity contribution in [3.63, 3.8) is 0 Å². The molecule has 0 unspecified atom stereocenters. The van der Waals surface area contributed by atoms with Crippen molar-refractivity contribution in [3.05, 3.63) is 68.2 Å². The van der Waals surface area contributed by atoms with Gasteiger partial charge in [-0.1, -0.05) is 40.9 Å². The Morgan fingerprint density at radius 1 is 0.950 bits per heavy atom. The monoisotopic (exact) mass is 334 g/mol. The summed E-state index contributed by atoms with van der Waals surface area (Å²) in [5.41, 5.74) is 0.443. The Bertz CT molecular complexity index is 663. The maximum absolute atomic E-state index is 13.1. The molecule has 0 saturated heterocycles. The van der Waals surface area contributed by atoms with Crippen molar-refractivity contribution < 1.29 is 13.6 Å². The molecule has 0 atom stereocenters. The number of ketones is 1. The predicted octanol–water partition coefficient (Wildman–Crippen LogP) is 5.35. The van der Waals surface area contributed by atoms with Crippen LogP contribution in [0.15, 0.2) is 30.3 Å². The molecule has 0 amide bonds. The van der Waals surface area contributed by atoms with E-state index in [0.717, 1.165) is 12.1 Å². The van der Waals surface area contributed by atoms with Gasteiger partial charge >= 0.3 is 0 Å². The third kappa shape index (κ3) is 3.29. The highest BCUT2D eigenvalue weighted by molar-refractivity contribution is 6.42. The van der Waals surface area contributed by atoms with E-state index in [-0.39, 0.29) is 22.0 Å². The van der Waals surface area contributed by atoms with Crippen LogP contribution in [-0.2, 0) is 6.42 Å². The van der Waals surface area contributed by atoms with Gasteiger partial charge in [-0.25, -0.2) is 8.78 Å². The van der Waals surface area contributed by atoms with Crippen molar-refractivity contribution in [2.24, 2.45) is 0 Å². The Morgan fingerprint density at radius 3 is 2.10 bits per heavy atom. The quantitative estimate of drug-likeness (QED) is 0.691. The summed E-state index contributed by atoms with van der Waals surface area (Å²) in [6.07, 6.45) is -0.141. The molecule has 2 rings (SSSR count). The summed E-state index contributed by atoms with van der Waals surface area (Å²) in [4.78, 5) is 12.1. The van der Waals surface area contributed by atoms with Crippen LogP contribution in [0.25, 0.3) is 0 Å². The lowest BCUT2D eigenvalue weighted by atomic mass is 10.0. The molecule has 0 aliphatic rings. The van der Waals surface area contributed by atoms with E-state index in [1.807, 2.05) is 0 Å². The van der Waals surface area contributed by atoms with Crippen molar-refractivity contribution in [2.75, 3.05) is 0 Å². The fourth-order valence-corrected chi connectivity index (χ4v) is 2.76. The largest absolute Gasteiger partial charge is 0.294 e. The third-order valence-corrected chi connectivity index (χ3v) is 3.45. The van der Waals surface area contributed by atoms with E-state index >= 15 is 0 Å². The van der Waals surface area contributed by atoms with E-state index in [1.54, 1.807) is 0 Å². The Kier molecular flexibility index (Phi) is 4.63. The molecule has 2 aromatic rings. The summed E-state index contributed by atoms with van der Waals surface area (Å²) in [5, 5.41) is 0.551. The number of carbonyl (C=O) groups is 1. The van der Waals surface area contributed by atoms with Crippen LogP contribution in [0.2, 0.25) is 15.1 Å². The molecule has 0 heterocycles. The first-order valence-corrected chi connectivity index (χ1v) is 6.63. The molecule has 0 aliphatic heterocycles. The first-order chi connectivity index (χ1) is 9.38. The smallest absolute Gasteiger partial charge is 0.170 e. The van der Waals surface area contributed by atoms with Gasteiger partial charge in [0.15, 0.2) is 17.4 Å². The van der Waals surface area contributed by atoms with Crippen LogP contribution in [0.5, 0.6) is 0 Å². The maximum atomic E-state index is 13.1. The first-order valence-electron chi connectivity index (χ1n) is 5.50. The topological polar surface area (TPSA) is 17.1 Å². The van der Waals surface area contributed by atoms with Crippen LogP contribution in [0.4, 0.5) is 8.78 Å². The Hall–Kier alpha value is -1.16. The van der Waals surface area contributed by atoms with Gasteiger partial charge < -0.3 is 0 Å². The molecular weight excluding hydrogens is 329 g/mol. The van der Waals surface area contributed by atoms with Crippen LogP contribution < -0.4 is 0 Å². The second-order valence-corrected chi connectivity index (χ2v) is 5.34. The average Bonchev–Trinajstić information content (AvgIpc) is 2.32. The highest BCUT2D eigenvalue weighted by atomic mass is 35.5. The van der Waals surface area contributed by atoms with Crippen molar-refractivity contribution in [1.82, 2.24) is 0 Å². The minimum Gasteiger partial charge on any atom is -0.294 e. The standard InChI is InChI=1S/C14H7Cl3F2O/c15-8-5-9(16)14(10(17)6-8)13(20)4-7-1-2-11(18)12(19)3-7/h1-3,5-6H,4H2. The van der Waals surface area contributed by atoms with E-state index in [0.29, 0.717) is 10.6 Å². The highest BCUT2D eigenvalue weighted by Crippen LogP contribution is 2.30. The number of rotatable bonds is 3. The van der Waals surface area contributed by atoms with Gasteiger partial charge in [0.05, 0.1) is 15.6 Å². The van der Waals surface area contributed by atoms with Gasteiger partial charge in [0, 0.05) is 11.4 Å². The summed E-state index contributed by atoms with van der Waals surface area (Å²) in [6.45, 7) is 0. The molecule has 20 heavy (non-hydrogen) atoms. The molecule has 6 heteroatoms. The normalized spacial score (nSPS) is 10.7. The van der Waals surface area contributed by atoms with Crippen molar-refractivity contribution in [2.45, 2.75) is 6.42 Å². The second-order valence-electron chi connectivity index (χ2n) is 4.09. The van der Waals surface area contributed by atoms with Gasteiger partial charge in [0.25, 0.3) is 0 Å². The molecule has 0 bridgehead atoms. The zero-order valence-electron chi connectivity index (χ0n) is 9.89. The second kappa shape index (κ2) is 6.08. The van der Waals surface area contributed by atoms with Gasteiger partial charge in [-0.3, -0.25) is 4.79 Å². The summed E-state index contributed by atoms with van der Waals surface area (Å²) in [6, 6.07) is 6.04. The van der Waals surface area contributed by atoms with Crippen LogP contribution in [0, 0.1) is 11.6 Å². The molecular formula is C14H7Cl3F2O. The number of Topliss-reactive ketones (excluding diaryl/α,β-unsaturated/α-hetero) is 1. The fourth-order valence-electron chi connectivity index (χ4n) is 1.73. The minimum atomic E-state index is -1.01. The lowest BCUT2D eigenvalue weighted by molar-refractivity contribution is 0.0993. The van der Waals surface area contributed by atoms with Gasteiger partial charge in [0.1, 0.15) is 0 Å². The molecule has 0 N–H and O–H groups in total. The molecule has 2 aromatic carbocycles. The summed E-state index contributed by atoms with van der Waals surface area (Å²) in [5.74, 6) is -2.38. The molecule has 0 aliphatic carbocycles. The first kappa shape index (κ1) is 15.2. The molecule has 0 aromatic heterocycles. The van der Waals surface area contributed by atoms with E-state index in [4.69, 9.17) is 34.8 Å². The summed E-state index contributed by atoms with van der Waals surface area (Å²) < 4.78 is 25.9.